The summed E-state index contributed by atoms with van der Waals surface area (Å²) in [5.74, 6) is 0.191. The predicted molar refractivity (Wildman–Crippen MR) is 86.6 cm³/mol. The molecule has 1 fully saturated rings. The quantitative estimate of drug-likeness (QED) is 0.853. The van der Waals surface area contributed by atoms with E-state index in [1.165, 1.54) is 0 Å². The second-order valence-electron chi connectivity index (χ2n) is 5.20. The predicted octanol–water partition coefficient (Wildman–Crippen LogP) is 2.54. The molecule has 2 atom stereocenters. The van der Waals surface area contributed by atoms with Crippen LogP contribution >= 0.6 is 28.3 Å². The summed E-state index contributed by atoms with van der Waals surface area (Å²) in [6.07, 6.45) is 0.716. The summed E-state index contributed by atoms with van der Waals surface area (Å²) < 4.78 is 27.7. The van der Waals surface area contributed by atoms with Gasteiger partial charge in [0.25, 0.3) is 0 Å². The first kappa shape index (κ1) is 17.9. The molecule has 0 spiro atoms. The second-order valence-corrected chi connectivity index (χ2v) is 8.02. The number of sulfonamides is 1. The van der Waals surface area contributed by atoms with Gasteiger partial charge in [0, 0.05) is 23.6 Å². The van der Waals surface area contributed by atoms with Crippen LogP contribution in [0.5, 0.6) is 0 Å². The molecule has 1 aliphatic rings. The normalized spacial score (nSPS) is 24.2. The molecule has 0 amide bonds. The van der Waals surface area contributed by atoms with Crippen molar-refractivity contribution in [3.8, 4) is 0 Å². The molecule has 2 N–H and O–H groups in total. The molecule has 114 valence electrons. The summed E-state index contributed by atoms with van der Waals surface area (Å²) >= 11 is 3.33. The fraction of sp³-hybridized carbons (Fsp3) is 0.538. The van der Waals surface area contributed by atoms with E-state index in [1.807, 2.05) is 26.0 Å². The fourth-order valence-corrected chi connectivity index (χ4v) is 4.65. The lowest BCUT2D eigenvalue weighted by Gasteiger charge is -2.34. The van der Waals surface area contributed by atoms with Crippen molar-refractivity contribution in [1.29, 1.82) is 0 Å². The Labute approximate surface area is 135 Å². The lowest BCUT2D eigenvalue weighted by Crippen LogP contribution is -2.48. The smallest absolute Gasteiger partial charge is 0.243 e. The highest BCUT2D eigenvalue weighted by atomic mass is 79.9. The number of nitrogens with zero attached hydrogens (tertiary/aromatic N) is 1. The maximum atomic E-state index is 12.7. The summed E-state index contributed by atoms with van der Waals surface area (Å²) in [6, 6.07) is 5.43. The molecule has 20 heavy (non-hydrogen) atoms. The maximum absolute atomic E-state index is 12.7. The van der Waals surface area contributed by atoms with Crippen LogP contribution < -0.4 is 5.73 Å². The molecule has 0 aliphatic carbocycles. The Kier molecular flexibility index (Phi) is 6.04. The number of nitrogens with two attached hydrogens (primary N) is 1. The Morgan fingerprint density at radius 1 is 1.40 bits per heavy atom. The van der Waals surface area contributed by atoms with Crippen LogP contribution in [-0.4, -0.2) is 31.9 Å². The van der Waals surface area contributed by atoms with Crippen LogP contribution in [0, 0.1) is 12.8 Å². The first-order valence-corrected chi connectivity index (χ1v) is 8.57. The average molecular weight is 384 g/mol. The van der Waals surface area contributed by atoms with Crippen LogP contribution in [0.1, 0.15) is 18.9 Å². The van der Waals surface area contributed by atoms with Crippen LogP contribution in [0.3, 0.4) is 0 Å². The molecule has 2 rings (SSSR count). The summed E-state index contributed by atoms with van der Waals surface area (Å²) in [6.45, 7) is 4.81. The molecule has 0 saturated carbocycles. The molecule has 0 radical (unpaired) electrons. The number of benzene rings is 1. The van der Waals surface area contributed by atoms with E-state index in [-0.39, 0.29) is 24.4 Å². The highest BCUT2D eigenvalue weighted by Crippen LogP contribution is 2.27. The number of piperidine rings is 1. The van der Waals surface area contributed by atoms with Crippen molar-refractivity contribution in [2.75, 3.05) is 13.1 Å². The summed E-state index contributed by atoms with van der Waals surface area (Å²) in [5, 5.41) is 0. The minimum atomic E-state index is -3.42. The summed E-state index contributed by atoms with van der Waals surface area (Å²) in [5.41, 5.74) is 6.72. The Hall–Kier alpha value is -0.140. The Balaban J connectivity index is 0.00000200. The molecule has 1 aliphatic heterocycles. The van der Waals surface area contributed by atoms with Gasteiger partial charge in [-0.05, 0) is 37.0 Å². The largest absolute Gasteiger partial charge is 0.327 e. The lowest BCUT2D eigenvalue weighted by molar-refractivity contribution is 0.250. The summed E-state index contributed by atoms with van der Waals surface area (Å²) in [4.78, 5) is 0.379. The fourth-order valence-electron chi connectivity index (χ4n) is 2.33. The first-order valence-electron chi connectivity index (χ1n) is 6.34. The van der Waals surface area contributed by atoms with Gasteiger partial charge in [0.15, 0.2) is 0 Å². The summed E-state index contributed by atoms with van der Waals surface area (Å²) in [7, 11) is -3.42. The molecule has 1 saturated heterocycles. The van der Waals surface area contributed by atoms with Crippen LogP contribution in [0.15, 0.2) is 27.6 Å². The van der Waals surface area contributed by atoms with E-state index in [1.54, 1.807) is 10.4 Å². The minimum Gasteiger partial charge on any atom is -0.327 e. The number of rotatable bonds is 2. The van der Waals surface area contributed by atoms with E-state index in [4.69, 9.17) is 5.73 Å². The number of aryl methyl sites for hydroxylation is 1. The second kappa shape index (κ2) is 6.75. The first-order chi connectivity index (χ1) is 8.82. The van der Waals surface area contributed by atoms with E-state index >= 15 is 0 Å². The topological polar surface area (TPSA) is 63.4 Å². The molecule has 1 aromatic carbocycles. The zero-order chi connectivity index (χ0) is 14.2. The minimum absolute atomic E-state index is 0. The Morgan fingerprint density at radius 3 is 2.65 bits per heavy atom. The monoisotopic (exact) mass is 382 g/mol. The zero-order valence-electron chi connectivity index (χ0n) is 11.5. The molecule has 0 aromatic heterocycles. The molecule has 7 heteroatoms. The van der Waals surface area contributed by atoms with E-state index in [2.05, 4.69) is 15.9 Å². The molecule has 4 nitrogen and oxygen atoms in total. The Bertz CT molecular complexity index is 580. The molecule has 2 unspecified atom stereocenters. The number of halogens is 2. The standard InChI is InChI=1S/C13H19BrN2O2S.ClH/c1-9-3-4-11(14)7-13(9)19(17,18)16-6-5-12(15)10(2)8-16;/h3-4,7,10,12H,5-6,8,15H2,1-2H3;1H. The van der Waals surface area contributed by atoms with Gasteiger partial charge in [-0.2, -0.15) is 4.31 Å². The SMILES string of the molecule is Cc1ccc(Br)cc1S(=O)(=O)N1CCC(N)C(C)C1.Cl. The van der Waals surface area contributed by atoms with Gasteiger partial charge in [-0.3, -0.25) is 0 Å². The van der Waals surface area contributed by atoms with Gasteiger partial charge in [0.05, 0.1) is 4.90 Å². The van der Waals surface area contributed by atoms with Gasteiger partial charge < -0.3 is 5.73 Å². The van der Waals surface area contributed by atoms with Gasteiger partial charge in [-0.15, -0.1) is 12.4 Å². The van der Waals surface area contributed by atoms with Crippen molar-refractivity contribution in [3.63, 3.8) is 0 Å². The molecular formula is C13H20BrClN2O2S. The molecular weight excluding hydrogens is 364 g/mol. The maximum Gasteiger partial charge on any atom is 0.243 e. The van der Waals surface area contributed by atoms with Crippen LogP contribution in [0.25, 0.3) is 0 Å². The molecule has 1 aromatic rings. The van der Waals surface area contributed by atoms with Gasteiger partial charge in [0.2, 0.25) is 10.0 Å². The van der Waals surface area contributed by atoms with Crippen molar-refractivity contribution in [2.24, 2.45) is 11.7 Å². The van der Waals surface area contributed by atoms with E-state index in [9.17, 15) is 8.42 Å². The van der Waals surface area contributed by atoms with Gasteiger partial charge in [-0.25, -0.2) is 8.42 Å². The van der Waals surface area contributed by atoms with E-state index in [0.29, 0.717) is 24.4 Å². The molecule has 0 bridgehead atoms. The van der Waals surface area contributed by atoms with Gasteiger partial charge in [-0.1, -0.05) is 28.9 Å². The van der Waals surface area contributed by atoms with Crippen molar-refractivity contribution in [2.45, 2.75) is 31.2 Å². The Morgan fingerprint density at radius 2 is 2.05 bits per heavy atom. The van der Waals surface area contributed by atoms with Crippen LogP contribution in [-0.2, 0) is 10.0 Å². The van der Waals surface area contributed by atoms with Crippen molar-refractivity contribution >= 4 is 38.4 Å². The van der Waals surface area contributed by atoms with Crippen LogP contribution in [0.2, 0.25) is 0 Å². The third-order valence-corrected chi connectivity index (χ3v) is 6.20. The van der Waals surface area contributed by atoms with Crippen LogP contribution in [0.4, 0.5) is 0 Å². The molecule has 1 heterocycles. The number of hydrogen-bond acceptors (Lipinski definition) is 3. The van der Waals surface area contributed by atoms with E-state index in [0.717, 1.165) is 10.0 Å². The lowest BCUT2D eigenvalue weighted by atomic mass is 9.96. The van der Waals surface area contributed by atoms with Crippen molar-refractivity contribution < 1.29 is 8.42 Å². The third-order valence-electron chi connectivity index (χ3n) is 3.70. The van der Waals surface area contributed by atoms with Gasteiger partial charge >= 0.3 is 0 Å². The average Bonchev–Trinajstić information content (AvgIpc) is 2.35. The number of hydrogen-bond donors (Lipinski definition) is 1. The zero-order valence-corrected chi connectivity index (χ0v) is 14.8. The van der Waals surface area contributed by atoms with Crippen molar-refractivity contribution in [1.82, 2.24) is 4.31 Å². The highest BCUT2D eigenvalue weighted by molar-refractivity contribution is 9.10. The highest BCUT2D eigenvalue weighted by Gasteiger charge is 2.32. The van der Waals surface area contributed by atoms with E-state index < -0.39 is 10.0 Å². The third kappa shape index (κ3) is 3.54. The van der Waals surface area contributed by atoms with Crippen molar-refractivity contribution in [3.05, 3.63) is 28.2 Å². The van der Waals surface area contributed by atoms with Gasteiger partial charge in [0.1, 0.15) is 0 Å².